The lowest BCUT2D eigenvalue weighted by atomic mass is 9.91. The Morgan fingerprint density at radius 3 is 2.10 bits per heavy atom. The number of nitrogens with zero attached hydrogens (tertiary/aromatic N) is 1. The highest BCUT2D eigenvalue weighted by Crippen LogP contribution is 2.36. The lowest BCUT2D eigenvalue weighted by Gasteiger charge is -2.20. The molecule has 0 aliphatic carbocycles. The van der Waals surface area contributed by atoms with Crippen LogP contribution in [0.2, 0.25) is 0 Å². The van der Waals surface area contributed by atoms with Crippen molar-refractivity contribution in [2.45, 2.75) is 40.0 Å². The molecule has 0 saturated heterocycles. The number of pyridine rings is 1. The van der Waals surface area contributed by atoms with E-state index < -0.39 is 0 Å². The van der Waals surface area contributed by atoms with E-state index in [0.29, 0.717) is 30.4 Å². The Labute approximate surface area is 126 Å². The maximum atomic E-state index is 6.21. The van der Waals surface area contributed by atoms with Crippen molar-refractivity contribution in [3.05, 3.63) is 23.9 Å². The van der Waals surface area contributed by atoms with E-state index in [1.807, 2.05) is 32.0 Å². The zero-order valence-electron chi connectivity index (χ0n) is 13.5. The first kappa shape index (κ1) is 15.4. The molecular weight excluding hydrogens is 264 g/mol. The number of rotatable bonds is 4. The van der Waals surface area contributed by atoms with Crippen molar-refractivity contribution in [1.82, 2.24) is 4.98 Å². The molecule has 0 saturated carbocycles. The highest BCUT2D eigenvalue weighted by atomic mass is 16.5. The molecular formula is C17H24N2O2. The van der Waals surface area contributed by atoms with Crippen LogP contribution in [-0.2, 0) is 5.41 Å². The van der Waals surface area contributed by atoms with E-state index >= 15 is 0 Å². The molecule has 0 spiro atoms. The van der Waals surface area contributed by atoms with Gasteiger partial charge in [-0.1, -0.05) is 20.8 Å². The molecule has 0 atom stereocenters. The summed E-state index contributed by atoms with van der Waals surface area (Å²) in [4.78, 5) is 4.74. The Hall–Kier alpha value is -1.97. The fourth-order valence-electron chi connectivity index (χ4n) is 2.18. The molecule has 114 valence electrons. The molecule has 1 aromatic heterocycles. The fourth-order valence-corrected chi connectivity index (χ4v) is 2.18. The number of aromatic nitrogens is 1. The van der Waals surface area contributed by atoms with E-state index in [1.54, 1.807) is 0 Å². The largest absolute Gasteiger partial charge is 0.490 e. The molecule has 2 aromatic rings. The van der Waals surface area contributed by atoms with Gasteiger partial charge in [-0.2, -0.15) is 0 Å². The number of fused-ring (bicyclic) bond motifs is 1. The van der Waals surface area contributed by atoms with Crippen molar-refractivity contribution < 1.29 is 9.47 Å². The molecule has 2 rings (SSSR count). The fraction of sp³-hybridized carbons (Fsp3) is 0.471. The van der Waals surface area contributed by atoms with Gasteiger partial charge in [-0.15, -0.1) is 0 Å². The second-order valence-electron chi connectivity index (χ2n) is 6.03. The van der Waals surface area contributed by atoms with Gasteiger partial charge < -0.3 is 15.2 Å². The number of hydrogen-bond acceptors (Lipinski definition) is 4. The highest BCUT2D eigenvalue weighted by Gasteiger charge is 2.18. The average Bonchev–Trinajstić information content (AvgIpc) is 2.39. The van der Waals surface area contributed by atoms with Crippen LogP contribution in [0.3, 0.4) is 0 Å². The van der Waals surface area contributed by atoms with Crippen LogP contribution in [0, 0.1) is 0 Å². The summed E-state index contributed by atoms with van der Waals surface area (Å²) < 4.78 is 11.3. The van der Waals surface area contributed by atoms with Crippen molar-refractivity contribution in [1.29, 1.82) is 0 Å². The van der Waals surface area contributed by atoms with E-state index in [-0.39, 0.29) is 5.41 Å². The van der Waals surface area contributed by atoms with E-state index in [0.717, 1.165) is 16.6 Å². The molecule has 2 N–H and O–H groups in total. The lowest BCUT2D eigenvalue weighted by molar-refractivity contribution is 0.288. The van der Waals surface area contributed by atoms with Crippen LogP contribution >= 0.6 is 0 Å². The molecule has 0 amide bonds. The van der Waals surface area contributed by atoms with Gasteiger partial charge in [0.05, 0.1) is 18.7 Å². The highest BCUT2D eigenvalue weighted by molar-refractivity contribution is 5.93. The second-order valence-corrected chi connectivity index (χ2v) is 6.03. The molecule has 0 bridgehead atoms. The molecule has 0 radical (unpaired) electrons. The number of nitrogens with two attached hydrogens (primary N) is 1. The zero-order valence-corrected chi connectivity index (χ0v) is 13.5. The summed E-state index contributed by atoms with van der Waals surface area (Å²) in [6.45, 7) is 11.4. The summed E-state index contributed by atoms with van der Waals surface area (Å²) in [5.41, 5.74) is 8.69. The monoisotopic (exact) mass is 288 g/mol. The van der Waals surface area contributed by atoms with E-state index in [4.69, 9.17) is 20.2 Å². The molecule has 1 aromatic carbocycles. The van der Waals surface area contributed by atoms with Crippen LogP contribution in [0.4, 0.5) is 5.69 Å². The smallest absolute Gasteiger partial charge is 0.163 e. The Balaban J connectivity index is 2.66. The Bertz CT molecular complexity index is 645. The third-order valence-corrected chi connectivity index (χ3v) is 3.27. The Kier molecular flexibility index (Phi) is 4.26. The maximum absolute atomic E-state index is 6.21. The minimum absolute atomic E-state index is 0.0489. The maximum Gasteiger partial charge on any atom is 0.163 e. The second kappa shape index (κ2) is 5.80. The molecule has 0 aliphatic rings. The summed E-state index contributed by atoms with van der Waals surface area (Å²) in [5, 5.41) is 0.898. The van der Waals surface area contributed by atoms with Crippen molar-refractivity contribution in [3.8, 4) is 11.5 Å². The summed E-state index contributed by atoms with van der Waals surface area (Å²) in [6, 6.07) is 5.77. The molecule has 4 nitrogen and oxygen atoms in total. The van der Waals surface area contributed by atoms with Gasteiger partial charge in [-0.25, -0.2) is 0 Å². The van der Waals surface area contributed by atoms with Crippen LogP contribution in [0.15, 0.2) is 18.2 Å². The number of benzene rings is 1. The molecule has 21 heavy (non-hydrogen) atoms. The number of nitrogen functional groups attached to an aromatic ring is 1. The summed E-state index contributed by atoms with van der Waals surface area (Å²) >= 11 is 0. The van der Waals surface area contributed by atoms with E-state index in [9.17, 15) is 0 Å². The number of anilines is 1. The van der Waals surface area contributed by atoms with Crippen LogP contribution in [0.1, 0.15) is 40.3 Å². The SMILES string of the molecule is CCOc1cc2nc(C(C)(C)C)cc(N)c2cc1OCC. The summed E-state index contributed by atoms with van der Waals surface area (Å²) in [7, 11) is 0. The third-order valence-electron chi connectivity index (χ3n) is 3.27. The molecule has 0 fully saturated rings. The van der Waals surface area contributed by atoms with Gasteiger partial charge >= 0.3 is 0 Å². The average molecular weight is 288 g/mol. The van der Waals surface area contributed by atoms with Gasteiger partial charge in [-0.3, -0.25) is 4.98 Å². The first-order valence-corrected chi connectivity index (χ1v) is 7.37. The molecule has 0 aliphatic heterocycles. The minimum Gasteiger partial charge on any atom is -0.490 e. The van der Waals surface area contributed by atoms with Crippen molar-refractivity contribution in [2.75, 3.05) is 18.9 Å². The van der Waals surface area contributed by atoms with Gasteiger partial charge in [0.2, 0.25) is 0 Å². The number of ether oxygens (including phenoxy) is 2. The lowest BCUT2D eigenvalue weighted by Crippen LogP contribution is -2.14. The summed E-state index contributed by atoms with van der Waals surface area (Å²) in [5.74, 6) is 1.42. The zero-order chi connectivity index (χ0) is 15.6. The Morgan fingerprint density at radius 2 is 1.57 bits per heavy atom. The molecule has 0 unspecified atom stereocenters. The Morgan fingerprint density at radius 1 is 1.00 bits per heavy atom. The van der Waals surface area contributed by atoms with Gasteiger partial charge in [0, 0.05) is 28.2 Å². The van der Waals surface area contributed by atoms with Crippen LogP contribution < -0.4 is 15.2 Å². The predicted molar refractivity (Wildman–Crippen MR) is 87.2 cm³/mol. The minimum atomic E-state index is -0.0489. The molecule has 1 heterocycles. The van der Waals surface area contributed by atoms with Crippen LogP contribution in [-0.4, -0.2) is 18.2 Å². The van der Waals surface area contributed by atoms with Crippen molar-refractivity contribution in [3.63, 3.8) is 0 Å². The number of hydrogen-bond donors (Lipinski definition) is 1. The first-order valence-electron chi connectivity index (χ1n) is 7.37. The van der Waals surface area contributed by atoms with Gasteiger partial charge in [0.25, 0.3) is 0 Å². The quantitative estimate of drug-likeness (QED) is 0.926. The molecule has 4 heteroatoms. The third kappa shape index (κ3) is 3.20. The van der Waals surface area contributed by atoms with Crippen LogP contribution in [0.5, 0.6) is 11.5 Å². The van der Waals surface area contributed by atoms with Crippen LogP contribution in [0.25, 0.3) is 10.9 Å². The normalized spacial score (nSPS) is 11.7. The first-order chi connectivity index (χ1) is 9.86. The van der Waals surface area contributed by atoms with E-state index in [1.165, 1.54) is 0 Å². The van der Waals surface area contributed by atoms with E-state index in [2.05, 4.69) is 20.8 Å². The van der Waals surface area contributed by atoms with Crippen molar-refractivity contribution in [2.24, 2.45) is 0 Å². The topological polar surface area (TPSA) is 57.4 Å². The van der Waals surface area contributed by atoms with Gasteiger partial charge in [0.15, 0.2) is 11.5 Å². The van der Waals surface area contributed by atoms with Crippen molar-refractivity contribution >= 4 is 16.6 Å². The predicted octanol–water partition coefficient (Wildman–Crippen LogP) is 3.91. The van der Waals surface area contributed by atoms with Gasteiger partial charge in [-0.05, 0) is 26.0 Å². The van der Waals surface area contributed by atoms with Gasteiger partial charge in [0.1, 0.15) is 0 Å². The standard InChI is InChI=1S/C17H24N2O2/c1-6-20-14-8-11-12(18)9-16(17(3,4)5)19-13(11)10-15(14)21-7-2/h8-10H,6-7H2,1-5H3,(H2,18,19). The summed E-state index contributed by atoms with van der Waals surface area (Å²) in [6.07, 6.45) is 0.